The average Bonchev–Trinajstić information content (AvgIpc) is 2.20. The quantitative estimate of drug-likeness (QED) is 0.773. The van der Waals surface area contributed by atoms with Crippen LogP contribution in [0.15, 0.2) is 28.8 Å². The van der Waals surface area contributed by atoms with Gasteiger partial charge in [0.05, 0.1) is 5.02 Å². The van der Waals surface area contributed by atoms with Crippen molar-refractivity contribution in [2.45, 2.75) is 0 Å². The van der Waals surface area contributed by atoms with Crippen LogP contribution in [0.25, 0.3) is 0 Å². The Kier molecular flexibility index (Phi) is 4.95. The van der Waals surface area contributed by atoms with E-state index in [9.17, 15) is 4.79 Å². The fourth-order valence-electron chi connectivity index (χ4n) is 0.903. The van der Waals surface area contributed by atoms with Crippen molar-refractivity contribution in [3.8, 4) is 5.75 Å². The molecule has 1 rings (SSSR count). The lowest BCUT2D eigenvalue weighted by molar-refractivity contribution is 0.112. The fourth-order valence-corrected chi connectivity index (χ4v) is 1.19. The van der Waals surface area contributed by atoms with Crippen molar-refractivity contribution in [3.63, 3.8) is 0 Å². The van der Waals surface area contributed by atoms with Gasteiger partial charge in [0.2, 0.25) is 0 Å². The van der Waals surface area contributed by atoms with E-state index >= 15 is 0 Å². The summed E-state index contributed by atoms with van der Waals surface area (Å²) in [6.07, 6.45) is 2.16. The predicted octanol–water partition coefficient (Wildman–Crippen LogP) is 3.85. The van der Waals surface area contributed by atoms with Gasteiger partial charge in [0.1, 0.15) is 16.8 Å². The molecule has 0 bridgehead atoms. The summed E-state index contributed by atoms with van der Waals surface area (Å²) in [6.45, 7) is 0.238. The van der Waals surface area contributed by atoms with E-state index in [1.165, 1.54) is 6.08 Å². The van der Waals surface area contributed by atoms with Crippen LogP contribution in [0.3, 0.4) is 0 Å². The van der Waals surface area contributed by atoms with Gasteiger partial charge in [0.15, 0.2) is 6.29 Å². The highest BCUT2D eigenvalue weighted by atomic mass is 35.5. The second-order valence-corrected chi connectivity index (χ2v) is 4.02. The fraction of sp³-hybridized carbons (Fsp3) is 0.100. The monoisotopic (exact) mass is 264 g/mol. The van der Waals surface area contributed by atoms with Gasteiger partial charge >= 0.3 is 0 Å². The number of aldehydes is 1. The molecule has 0 saturated heterocycles. The Morgan fingerprint density at radius 1 is 1.40 bits per heavy atom. The Balaban J connectivity index is 2.70. The Bertz CT molecular complexity index is 384. The van der Waals surface area contributed by atoms with Crippen molar-refractivity contribution in [1.29, 1.82) is 0 Å². The highest BCUT2D eigenvalue weighted by molar-refractivity contribution is 6.55. The van der Waals surface area contributed by atoms with Crippen LogP contribution in [0.4, 0.5) is 0 Å². The minimum Gasteiger partial charge on any atom is -0.489 e. The van der Waals surface area contributed by atoms with E-state index in [0.717, 1.165) is 0 Å². The van der Waals surface area contributed by atoms with E-state index in [4.69, 9.17) is 39.5 Å². The summed E-state index contributed by atoms with van der Waals surface area (Å²) in [7, 11) is 0. The lowest BCUT2D eigenvalue weighted by Gasteiger charge is -2.04. The second kappa shape index (κ2) is 6.01. The van der Waals surface area contributed by atoms with E-state index in [2.05, 4.69) is 0 Å². The molecule has 0 saturated carbocycles. The molecule has 1 aromatic carbocycles. The Hall–Kier alpha value is -0.700. The number of benzene rings is 1. The summed E-state index contributed by atoms with van der Waals surface area (Å²) in [6, 6.07) is 4.79. The SMILES string of the molecule is O=Cc1cc(OCC=C(Cl)Cl)ccc1Cl. The zero-order valence-electron chi connectivity index (χ0n) is 7.54. The van der Waals surface area contributed by atoms with Gasteiger partial charge in [0, 0.05) is 5.56 Å². The molecule has 0 aliphatic rings. The van der Waals surface area contributed by atoms with Gasteiger partial charge in [-0.25, -0.2) is 0 Å². The molecule has 0 atom stereocenters. The van der Waals surface area contributed by atoms with Crippen LogP contribution in [0.1, 0.15) is 10.4 Å². The number of carbonyl (C=O) groups excluding carboxylic acids is 1. The smallest absolute Gasteiger partial charge is 0.151 e. The number of carbonyl (C=O) groups is 1. The molecule has 0 aliphatic heterocycles. The Morgan fingerprint density at radius 3 is 2.73 bits per heavy atom. The highest BCUT2D eigenvalue weighted by Crippen LogP contribution is 2.20. The molecule has 1 aromatic rings. The molecular formula is C10H7Cl3O2. The first kappa shape index (κ1) is 12.4. The lowest BCUT2D eigenvalue weighted by atomic mass is 10.2. The minimum absolute atomic E-state index is 0.138. The number of ether oxygens (including phenoxy) is 1. The predicted molar refractivity (Wildman–Crippen MR) is 62.1 cm³/mol. The van der Waals surface area contributed by atoms with Crippen LogP contribution >= 0.6 is 34.8 Å². The van der Waals surface area contributed by atoms with E-state index in [0.29, 0.717) is 22.6 Å². The van der Waals surface area contributed by atoms with Crippen LogP contribution < -0.4 is 4.74 Å². The van der Waals surface area contributed by atoms with Crippen LogP contribution in [0.5, 0.6) is 5.75 Å². The largest absolute Gasteiger partial charge is 0.489 e. The van der Waals surface area contributed by atoms with E-state index in [-0.39, 0.29) is 11.1 Å². The van der Waals surface area contributed by atoms with Crippen molar-refractivity contribution in [3.05, 3.63) is 39.4 Å². The zero-order chi connectivity index (χ0) is 11.3. The standard InChI is InChI=1S/C10H7Cl3O2/c11-9-2-1-8(5-7(9)6-14)15-4-3-10(12)13/h1-3,5-6H,4H2. The summed E-state index contributed by atoms with van der Waals surface area (Å²) in [5.74, 6) is 0.535. The third kappa shape index (κ3) is 4.12. The van der Waals surface area contributed by atoms with Gasteiger partial charge in [-0.15, -0.1) is 0 Å². The van der Waals surface area contributed by atoms with Crippen molar-refractivity contribution in [1.82, 2.24) is 0 Å². The molecule has 0 N–H and O–H groups in total. The maximum absolute atomic E-state index is 10.6. The second-order valence-electron chi connectivity index (χ2n) is 2.61. The summed E-state index contributed by atoms with van der Waals surface area (Å²) in [5, 5.41) is 0.392. The normalized spacial score (nSPS) is 9.53. The van der Waals surface area contributed by atoms with Gasteiger partial charge in [0.25, 0.3) is 0 Å². The molecule has 0 aromatic heterocycles. The first-order valence-electron chi connectivity index (χ1n) is 4.02. The minimum atomic E-state index is 0.138. The van der Waals surface area contributed by atoms with Gasteiger partial charge < -0.3 is 4.74 Å². The summed E-state index contributed by atoms with van der Waals surface area (Å²) in [4.78, 5) is 10.6. The van der Waals surface area contributed by atoms with Crippen LogP contribution in [-0.2, 0) is 0 Å². The molecule has 0 fully saturated rings. The van der Waals surface area contributed by atoms with Crippen LogP contribution in [0.2, 0.25) is 5.02 Å². The highest BCUT2D eigenvalue weighted by Gasteiger charge is 2.01. The first-order chi connectivity index (χ1) is 7.13. The molecule has 80 valence electrons. The maximum Gasteiger partial charge on any atom is 0.151 e. The molecule has 0 heterocycles. The third-order valence-corrected chi connectivity index (χ3v) is 2.23. The van der Waals surface area contributed by atoms with E-state index < -0.39 is 0 Å². The van der Waals surface area contributed by atoms with E-state index in [1.807, 2.05) is 0 Å². The Labute approximate surface area is 102 Å². The first-order valence-corrected chi connectivity index (χ1v) is 5.15. The molecule has 0 spiro atoms. The molecule has 0 aliphatic carbocycles. The maximum atomic E-state index is 10.6. The number of hydrogen-bond donors (Lipinski definition) is 0. The topological polar surface area (TPSA) is 26.3 Å². The van der Waals surface area contributed by atoms with E-state index in [1.54, 1.807) is 18.2 Å². The lowest BCUT2D eigenvalue weighted by Crippen LogP contribution is -1.94. The molecule has 0 radical (unpaired) electrons. The number of rotatable bonds is 4. The van der Waals surface area contributed by atoms with Gasteiger partial charge in [-0.05, 0) is 24.3 Å². The molecule has 0 unspecified atom stereocenters. The van der Waals surface area contributed by atoms with Gasteiger partial charge in [-0.1, -0.05) is 34.8 Å². The average molecular weight is 266 g/mol. The summed E-state index contributed by atoms with van der Waals surface area (Å²) in [5.41, 5.74) is 0.384. The van der Waals surface area contributed by atoms with Crippen molar-refractivity contribution in [2.24, 2.45) is 0 Å². The molecule has 2 nitrogen and oxygen atoms in total. The number of halogens is 3. The van der Waals surface area contributed by atoms with Crippen molar-refractivity contribution < 1.29 is 9.53 Å². The van der Waals surface area contributed by atoms with Gasteiger partial charge in [-0.3, -0.25) is 4.79 Å². The van der Waals surface area contributed by atoms with Crippen LogP contribution in [-0.4, -0.2) is 12.9 Å². The number of hydrogen-bond acceptors (Lipinski definition) is 2. The summed E-state index contributed by atoms with van der Waals surface area (Å²) < 4.78 is 5.39. The zero-order valence-corrected chi connectivity index (χ0v) is 9.81. The molecule has 15 heavy (non-hydrogen) atoms. The Morgan fingerprint density at radius 2 is 2.13 bits per heavy atom. The van der Waals surface area contributed by atoms with Crippen molar-refractivity contribution in [2.75, 3.05) is 6.61 Å². The van der Waals surface area contributed by atoms with Crippen molar-refractivity contribution >= 4 is 41.1 Å². The van der Waals surface area contributed by atoms with Gasteiger partial charge in [-0.2, -0.15) is 0 Å². The molecule has 5 heteroatoms. The molecule has 0 amide bonds. The van der Waals surface area contributed by atoms with Crippen LogP contribution in [0, 0.1) is 0 Å². The third-order valence-electron chi connectivity index (χ3n) is 1.58. The summed E-state index contributed by atoms with van der Waals surface area (Å²) >= 11 is 16.5. The molecular weight excluding hydrogens is 258 g/mol.